The molecule has 1 heterocycles. The van der Waals surface area contributed by atoms with E-state index in [1.807, 2.05) is 41.5 Å². The molecule has 0 aromatic heterocycles. The van der Waals surface area contributed by atoms with Gasteiger partial charge in [0.2, 0.25) is 5.91 Å². The molecule has 2 amide bonds. The number of carbonyl (C=O) groups is 3. The van der Waals surface area contributed by atoms with Crippen LogP contribution in [0.5, 0.6) is 0 Å². The number of carbonyl (C=O) groups excluding carboxylic acids is 3. The lowest BCUT2D eigenvalue weighted by atomic mass is 9.94. The van der Waals surface area contributed by atoms with Gasteiger partial charge in [-0.2, -0.15) is 0 Å². The highest BCUT2D eigenvalue weighted by molar-refractivity contribution is 5.89. The first-order chi connectivity index (χ1) is 16.0. The topological polar surface area (TPSA) is 164 Å². The van der Waals surface area contributed by atoms with Crippen LogP contribution in [0, 0.1) is 10.8 Å². The average molecular weight is 503 g/mol. The minimum atomic E-state index is -1.76. The average Bonchev–Trinajstić information content (AvgIpc) is 2.91. The Morgan fingerprint density at radius 2 is 1.74 bits per heavy atom. The third-order valence-corrected chi connectivity index (χ3v) is 5.12. The van der Waals surface area contributed by atoms with Gasteiger partial charge in [0, 0.05) is 7.11 Å². The molecule has 0 aromatic carbocycles. The molecule has 0 bridgehead atoms. The number of nitrogens with one attached hydrogen (secondary N) is 2. The highest BCUT2D eigenvalue weighted by Crippen LogP contribution is 2.18. The van der Waals surface area contributed by atoms with Crippen molar-refractivity contribution in [1.82, 2.24) is 10.6 Å². The fourth-order valence-corrected chi connectivity index (χ4v) is 3.14. The molecule has 6 atom stereocenters. The second-order valence-electron chi connectivity index (χ2n) is 11.1. The maximum Gasteiger partial charge on any atom is 0.508 e. The summed E-state index contributed by atoms with van der Waals surface area (Å²) >= 11 is 0. The molecule has 0 spiro atoms. The highest BCUT2D eigenvalue weighted by Gasteiger charge is 2.37. The standard InChI is InChI=1S/C24H42N2O9/c1-23(2,3)11-10-16(27)17(28)18(29)19(33-7)21(31)26-15-9-8-14(12-25-20(15)30)35-22(32)34-13-24(4,5)6/h10-11,14-19,27-29H,8-9,12-13H2,1-7H3,(H,25,30)(H,26,31). The molecule has 1 saturated heterocycles. The van der Waals surface area contributed by atoms with Crippen molar-refractivity contribution in [3.63, 3.8) is 0 Å². The van der Waals surface area contributed by atoms with E-state index in [0.29, 0.717) is 0 Å². The van der Waals surface area contributed by atoms with Crippen molar-refractivity contribution in [2.24, 2.45) is 10.8 Å². The predicted molar refractivity (Wildman–Crippen MR) is 127 cm³/mol. The van der Waals surface area contributed by atoms with Crippen LogP contribution >= 0.6 is 0 Å². The van der Waals surface area contributed by atoms with E-state index in [-0.39, 0.29) is 36.8 Å². The number of aliphatic hydroxyl groups excluding tert-OH is 3. The Labute approximate surface area is 207 Å². The van der Waals surface area contributed by atoms with Gasteiger partial charge < -0.3 is 40.2 Å². The summed E-state index contributed by atoms with van der Waals surface area (Å²) in [5, 5.41) is 36.0. The van der Waals surface area contributed by atoms with Gasteiger partial charge in [-0.1, -0.05) is 53.7 Å². The summed E-state index contributed by atoms with van der Waals surface area (Å²) in [7, 11) is 1.16. The van der Waals surface area contributed by atoms with Crippen molar-refractivity contribution < 1.29 is 43.9 Å². The van der Waals surface area contributed by atoms with Crippen molar-refractivity contribution in [2.45, 2.75) is 90.9 Å². The number of ether oxygens (including phenoxy) is 3. The molecule has 0 radical (unpaired) electrons. The quantitative estimate of drug-likeness (QED) is 0.225. The third kappa shape index (κ3) is 11.4. The Morgan fingerprint density at radius 1 is 1.11 bits per heavy atom. The van der Waals surface area contributed by atoms with Crippen LogP contribution in [0.2, 0.25) is 0 Å². The van der Waals surface area contributed by atoms with Crippen LogP contribution in [-0.4, -0.2) is 90.1 Å². The minimum Gasteiger partial charge on any atom is -0.434 e. The van der Waals surface area contributed by atoms with E-state index in [2.05, 4.69) is 10.6 Å². The van der Waals surface area contributed by atoms with Crippen LogP contribution in [0.1, 0.15) is 54.4 Å². The number of hydrogen-bond donors (Lipinski definition) is 5. The van der Waals surface area contributed by atoms with Gasteiger partial charge in [0.25, 0.3) is 5.91 Å². The van der Waals surface area contributed by atoms with Crippen molar-refractivity contribution in [3.05, 3.63) is 12.2 Å². The molecule has 11 nitrogen and oxygen atoms in total. The Kier molecular flexibility index (Phi) is 11.6. The smallest absolute Gasteiger partial charge is 0.434 e. The molecular formula is C24H42N2O9. The van der Waals surface area contributed by atoms with Gasteiger partial charge in [0.05, 0.1) is 13.2 Å². The van der Waals surface area contributed by atoms with Gasteiger partial charge in [0.1, 0.15) is 30.5 Å². The van der Waals surface area contributed by atoms with Crippen molar-refractivity contribution in [2.75, 3.05) is 20.3 Å². The lowest BCUT2D eigenvalue weighted by Gasteiger charge is -2.28. The molecule has 35 heavy (non-hydrogen) atoms. The minimum absolute atomic E-state index is 0.0527. The lowest BCUT2D eigenvalue weighted by molar-refractivity contribution is -0.150. The normalized spacial score (nSPS) is 23.0. The van der Waals surface area contributed by atoms with Crippen LogP contribution in [0.4, 0.5) is 4.79 Å². The first kappa shape index (κ1) is 30.8. The van der Waals surface area contributed by atoms with E-state index in [4.69, 9.17) is 14.2 Å². The van der Waals surface area contributed by atoms with Gasteiger partial charge in [-0.3, -0.25) is 9.59 Å². The molecule has 1 aliphatic rings. The number of rotatable bonds is 9. The Bertz CT molecular complexity index is 742. The van der Waals surface area contributed by atoms with Gasteiger partial charge in [-0.05, 0) is 23.7 Å². The molecule has 11 heteroatoms. The Balaban J connectivity index is 2.70. The lowest BCUT2D eigenvalue weighted by Crippen LogP contribution is -2.55. The molecule has 1 rings (SSSR count). The monoisotopic (exact) mass is 502 g/mol. The Hall–Kier alpha value is -2.21. The van der Waals surface area contributed by atoms with Gasteiger partial charge in [-0.25, -0.2) is 4.79 Å². The third-order valence-electron chi connectivity index (χ3n) is 5.12. The zero-order valence-electron chi connectivity index (χ0n) is 21.7. The molecule has 0 saturated carbocycles. The van der Waals surface area contributed by atoms with Crippen LogP contribution in [-0.2, 0) is 23.8 Å². The fourth-order valence-electron chi connectivity index (χ4n) is 3.14. The summed E-state index contributed by atoms with van der Waals surface area (Å²) < 4.78 is 15.4. The van der Waals surface area contributed by atoms with E-state index in [9.17, 15) is 29.7 Å². The zero-order chi connectivity index (χ0) is 27.0. The molecule has 202 valence electrons. The Morgan fingerprint density at radius 3 is 2.29 bits per heavy atom. The molecule has 6 unspecified atom stereocenters. The predicted octanol–water partition coefficient (Wildman–Crippen LogP) is 0.649. The second-order valence-corrected chi connectivity index (χ2v) is 11.1. The summed E-state index contributed by atoms with van der Waals surface area (Å²) in [5.74, 6) is -1.33. The number of aliphatic hydroxyl groups is 3. The van der Waals surface area contributed by atoms with E-state index in [1.54, 1.807) is 6.08 Å². The van der Waals surface area contributed by atoms with Gasteiger partial charge >= 0.3 is 6.16 Å². The first-order valence-corrected chi connectivity index (χ1v) is 11.7. The number of hydrogen-bond acceptors (Lipinski definition) is 9. The van der Waals surface area contributed by atoms with E-state index in [1.165, 1.54) is 6.08 Å². The SMILES string of the molecule is COC(C(=O)NC1CCC(OC(=O)OCC(C)(C)C)CNC1=O)C(O)C(O)C(O)C=CC(C)(C)C. The number of methoxy groups -OCH3 is 1. The highest BCUT2D eigenvalue weighted by atomic mass is 16.7. The number of amides is 2. The van der Waals surface area contributed by atoms with E-state index >= 15 is 0 Å². The van der Waals surface area contributed by atoms with Gasteiger partial charge in [0.15, 0.2) is 6.10 Å². The summed E-state index contributed by atoms with van der Waals surface area (Å²) in [6.45, 7) is 11.6. The van der Waals surface area contributed by atoms with Crippen LogP contribution in [0.25, 0.3) is 0 Å². The maximum absolute atomic E-state index is 12.7. The fraction of sp³-hybridized carbons (Fsp3) is 0.792. The molecule has 1 aliphatic heterocycles. The molecular weight excluding hydrogens is 460 g/mol. The van der Waals surface area contributed by atoms with Crippen molar-refractivity contribution >= 4 is 18.0 Å². The zero-order valence-corrected chi connectivity index (χ0v) is 21.7. The first-order valence-electron chi connectivity index (χ1n) is 11.7. The van der Waals surface area contributed by atoms with Crippen LogP contribution < -0.4 is 10.6 Å². The largest absolute Gasteiger partial charge is 0.508 e. The van der Waals surface area contributed by atoms with Crippen LogP contribution in [0.15, 0.2) is 12.2 Å². The number of allylic oxidation sites excluding steroid dienone is 1. The summed E-state index contributed by atoms with van der Waals surface area (Å²) in [6.07, 6.45) is -4.49. The second kappa shape index (κ2) is 13.2. The van der Waals surface area contributed by atoms with Gasteiger partial charge in [-0.15, -0.1) is 0 Å². The van der Waals surface area contributed by atoms with Crippen LogP contribution in [0.3, 0.4) is 0 Å². The molecule has 0 aromatic rings. The van der Waals surface area contributed by atoms with Crippen molar-refractivity contribution in [1.29, 1.82) is 0 Å². The molecule has 0 aliphatic carbocycles. The summed E-state index contributed by atoms with van der Waals surface area (Å²) in [4.78, 5) is 37.1. The van der Waals surface area contributed by atoms with Crippen molar-refractivity contribution in [3.8, 4) is 0 Å². The molecule has 5 N–H and O–H groups in total. The van der Waals surface area contributed by atoms with E-state index in [0.717, 1.165) is 7.11 Å². The summed E-state index contributed by atoms with van der Waals surface area (Å²) in [5.41, 5.74) is -0.484. The maximum atomic E-state index is 12.7. The van der Waals surface area contributed by atoms with E-state index < -0.39 is 54.5 Å². The molecule has 1 fully saturated rings. The summed E-state index contributed by atoms with van der Waals surface area (Å²) in [6, 6.07) is -0.977.